The molecule has 196 valence electrons. The van der Waals surface area contributed by atoms with E-state index >= 15 is 0 Å². The van der Waals surface area contributed by atoms with Crippen LogP contribution in [0.5, 0.6) is 0 Å². The summed E-state index contributed by atoms with van der Waals surface area (Å²) in [6, 6.07) is 3.32. The van der Waals surface area contributed by atoms with Crippen LogP contribution in [0.3, 0.4) is 0 Å². The number of alkyl carbamates (subject to hydrolysis) is 1. The molecular weight excluding hydrogens is 446 g/mol. The smallest absolute Gasteiger partial charge is 0.408 e. The van der Waals surface area contributed by atoms with Gasteiger partial charge in [0.05, 0.1) is 6.61 Å². The van der Waals surface area contributed by atoms with E-state index in [4.69, 9.17) is 4.74 Å². The highest BCUT2D eigenvalue weighted by Crippen LogP contribution is 2.31. The molecule has 1 aliphatic rings. The zero-order valence-corrected chi connectivity index (χ0v) is 22.3. The summed E-state index contributed by atoms with van der Waals surface area (Å²) in [7, 11) is 0. The first kappa shape index (κ1) is 28.6. The van der Waals surface area contributed by atoms with Crippen LogP contribution >= 0.6 is 0 Å². The number of benzene rings is 1. The summed E-state index contributed by atoms with van der Waals surface area (Å²) in [5, 5.41) is 15.7. The zero-order chi connectivity index (χ0) is 26.3. The maximum atomic E-state index is 13.8. The Hall–Kier alpha value is -2.61. The van der Waals surface area contributed by atoms with Gasteiger partial charge in [0.1, 0.15) is 17.7 Å². The molecule has 1 aromatic rings. The molecule has 2 unspecified atom stereocenters. The normalized spacial score (nSPS) is 16.4. The third-order valence-corrected chi connectivity index (χ3v) is 6.28. The molecule has 0 bridgehead atoms. The molecule has 0 aliphatic heterocycles. The van der Waals surface area contributed by atoms with Crippen molar-refractivity contribution in [1.29, 1.82) is 0 Å². The summed E-state index contributed by atoms with van der Waals surface area (Å²) in [5.74, 6) is -0.787. The van der Waals surface area contributed by atoms with E-state index in [-0.39, 0.29) is 18.0 Å². The fourth-order valence-electron chi connectivity index (χ4n) is 4.68. The number of amides is 3. The van der Waals surface area contributed by atoms with E-state index < -0.39 is 36.3 Å². The van der Waals surface area contributed by atoms with Crippen LogP contribution in [0, 0.1) is 13.8 Å². The van der Waals surface area contributed by atoms with Gasteiger partial charge in [-0.2, -0.15) is 0 Å². The molecule has 35 heavy (non-hydrogen) atoms. The largest absolute Gasteiger partial charge is 0.444 e. The second-order valence-electron chi connectivity index (χ2n) is 10.8. The minimum Gasteiger partial charge on any atom is -0.444 e. The van der Waals surface area contributed by atoms with Crippen molar-refractivity contribution in [3.8, 4) is 0 Å². The monoisotopic (exact) mass is 489 g/mol. The first-order valence-electron chi connectivity index (χ1n) is 12.6. The number of ether oxygens (including phenoxy) is 1. The Labute approximate surface area is 209 Å². The van der Waals surface area contributed by atoms with Crippen molar-refractivity contribution in [1.82, 2.24) is 15.5 Å². The second kappa shape index (κ2) is 12.4. The number of aryl methyl sites for hydroxylation is 2. The molecule has 0 aromatic heterocycles. The predicted molar refractivity (Wildman–Crippen MR) is 136 cm³/mol. The molecular formula is C27H43N3O5. The molecule has 0 spiro atoms. The number of aliphatic hydroxyl groups is 1. The number of carbonyl (C=O) groups is 3. The molecule has 0 heterocycles. The van der Waals surface area contributed by atoms with Gasteiger partial charge in [0.15, 0.2) is 0 Å². The Morgan fingerprint density at radius 2 is 1.66 bits per heavy atom. The summed E-state index contributed by atoms with van der Waals surface area (Å²) >= 11 is 0. The number of hydrogen-bond donors (Lipinski definition) is 3. The molecule has 1 aliphatic carbocycles. The van der Waals surface area contributed by atoms with Crippen LogP contribution in [-0.2, 0) is 14.3 Å². The van der Waals surface area contributed by atoms with E-state index in [0.717, 1.165) is 48.8 Å². The van der Waals surface area contributed by atoms with Crippen molar-refractivity contribution in [2.24, 2.45) is 0 Å². The first-order chi connectivity index (χ1) is 16.4. The van der Waals surface area contributed by atoms with Crippen molar-refractivity contribution in [3.05, 3.63) is 34.9 Å². The quantitative estimate of drug-likeness (QED) is 0.513. The topological polar surface area (TPSA) is 108 Å². The lowest BCUT2D eigenvalue weighted by Gasteiger charge is -2.38. The van der Waals surface area contributed by atoms with Crippen LogP contribution in [-0.4, -0.2) is 58.2 Å². The van der Waals surface area contributed by atoms with E-state index in [1.807, 2.05) is 45.9 Å². The number of carbonyl (C=O) groups excluding carboxylic acids is 3. The maximum absolute atomic E-state index is 13.8. The number of aliphatic hydroxyl groups excluding tert-OH is 1. The first-order valence-corrected chi connectivity index (χ1v) is 12.6. The summed E-state index contributed by atoms with van der Waals surface area (Å²) in [4.78, 5) is 41.4. The SMILES string of the molecule is Cc1cccc(C)c1C(C(=O)NC1CCCCC1)N(C(=O)C(CO)NC(=O)OC(C)(C)C)C(C)C. The van der Waals surface area contributed by atoms with Crippen LogP contribution in [0.2, 0.25) is 0 Å². The molecule has 1 saturated carbocycles. The van der Waals surface area contributed by atoms with Crippen molar-refractivity contribution in [3.63, 3.8) is 0 Å². The van der Waals surface area contributed by atoms with Crippen molar-refractivity contribution < 1.29 is 24.2 Å². The van der Waals surface area contributed by atoms with Gasteiger partial charge in [-0.1, -0.05) is 37.5 Å². The lowest BCUT2D eigenvalue weighted by atomic mass is 9.91. The van der Waals surface area contributed by atoms with Crippen LogP contribution in [0.1, 0.15) is 89.5 Å². The minimum absolute atomic E-state index is 0.0701. The minimum atomic E-state index is -1.25. The average Bonchev–Trinajstić information content (AvgIpc) is 2.75. The molecule has 2 atom stereocenters. The zero-order valence-electron chi connectivity index (χ0n) is 22.3. The molecule has 1 fully saturated rings. The van der Waals surface area contributed by atoms with Gasteiger partial charge in [-0.25, -0.2) is 4.79 Å². The molecule has 8 heteroatoms. The van der Waals surface area contributed by atoms with Crippen LogP contribution in [0.25, 0.3) is 0 Å². The summed E-state index contributed by atoms with van der Waals surface area (Å²) in [6.45, 7) is 12.0. The Bertz CT molecular complexity index is 867. The number of nitrogens with one attached hydrogen (secondary N) is 2. The van der Waals surface area contributed by atoms with Crippen molar-refractivity contribution in [2.75, 3.05) is 6.61 Å². The standard InChI is InChI=1S/C27H43N3O5/c1-17(2)30(25(33)21(16-31)29-26(34)35-27(5,6)7)23(22-18(3)12-11-13-19(22)4)24(32)28-20-14-9-8-10-15-20/h11-13,17,20-21,23,31H,8-10,14-16H2,1-7H3,(H,28,32)(H,29,34). The Morgan fingerprint density at radius 3 is 2.14 bits per heavy atom. The second-order valence-corrected chi connectivity index (χ2v) is 10.8. The fraction of sp³-hybridized carbons (Fsp3) is 0.667. The van der Waals surface area contributed by atoms with Crippen molar-refractivity contribution >= 4 is 17.9 Å². The molecule has 0 radical (unpaired) electrons. The third-order valence-electron chi connectivity index (χ3n) is 6.28. The van der Waals surface area contributed by atoms with Gasteiger partial charge >= 0.3 is 6.09 Å². The van der Waals surface area contributed by atoms with Gasteiger partial charge in [0.25, 0.3) is 0 Å². The van der Waals surface area contributed by atoms with Gasteiger partial charge in [0, 0.05) is 12.1 Å². The Morgan fingerprint density at radius 1 is 1.09 bits per heavy atom. The van der Waals surface area contributed by atoms with E-state index in [1.165, 1.54) is 4.90 Å². The van der Waals surface area contributed by atoms with Crippen LogP contribution < -0.4 is 10.6 Å². The van der Waals surface area contributed by atoms with Crippen LogP contribution in [0.4, 0.5) is 4.79 Å². The molecule has 1 aromatic carbocycles. The highest BCUT2D eigenvalue weighted by molar-refractivity contribution is 5.93. The number of rotatable bonds is 8. The van der Waals surface area contributed by atoms with Gasteiger partial charge in [-0.05, 0) is 78.0 Å². The lowest BCUT2D eigenvalue weighted by molar-refractivity contribution is -0.145. The van der Waals surface area contributed by atoms with Gasteiger partial charge in [-0.15, -0.1) is 0 Å². The van der Waals surface area contributed by atoms with Gasteiger partial charge < -0.3 is 25.4 Å². The molecule has 0 saturated heterocycles. The van der Waals surface area contributed by atoms with Gasteiger partial charge in [-0.3, -0.25) is 9.59 Å². The van der Waals surface area contributed by atoms with E-state index in [9.17, 15) is 19.5 Å². The Kier molecular flexibility index (Phi) is 10.1. The maximum Gasteiger partial charge on any atom is 0.408 e. The molecule has 3 amide bonds. The summed E-state index contributed by atoms with van der Waals surface area (Å²) in [6.07, 6.45) is 4.33. The summed E-state index contributed by atoms with van der Waals surface area (Å²) in [5.41, 5.74) is 1.79. The molecule has 2 rings (SSSR count). The number of hydrogen-bond acceptors (Lipinski definition) is 5. The average molecular weight is 490 g/mol. The van der Waals surface area contributed by atoms with Crippen LogP contribution in [0.15, 0.2) is 18.2 Å². The lowest BCUT2D eigenvalue weighted by Crippen LogP contribution is -2.57. The van der Waals surface area contributed by atoms with E-state index in [0.29, 0.717) is 0 Å². The van der Waals surface area contributed by atoms with Gasteiger partial charge in [0.2, 0.25) is 11.8 Å². The summed E-state index contributed by atoms with van der Waals surface area (Å²) < 4.78 is 5.28. The fourth-order valence-corrected chi connectivity index (χ4v) is 4.68. The molecule has 8 nitrogen and oxygen atoms in total. The highest BCUT2D eigenvalue weighted by atomic mass is 16.6. The van der Waals surface area contributed by atoms with Crippen molar-refractivity contribution in [2.45, 2.75) is 110 Å². The molecule has 3 N–H and O–H groups in total. The van der Waals surface area contributed by atoms with E-state index in [1.54, 1.807) is 20.8 Å². The predicted octanol–water partition coefficient (Wildman–Crippen LogP) is 3.92. The third kappa shape index (κ3) is 7.95. The Balaban J connectivity index is 2.45. The van der Waals surface area contributed by atoms with E-state index in [2.05, 4.69) is 10.6 Å². The highest BCUT2D eigenvalue weighted by Gasteiger charge is 2.39. The number of nitrogens with zero attached hydrogens (tertiary/aromatic N) is 1.